The number of halogens is 1. The van der Waals surface area contributed by atoms with Crippen molar-refractivity contribution in [2.24, 2.45) is 4.99 Å². The highest BCUT2D eigenvalue weighted by Crippen LogP contribution is 2.22. The lowest BCUT2D eigenvalue weighted by atomic mass is 10.1. The van der Waals surface area contributed by atoms with Gasteiger partial charge in [0.05, 0.1) is 21.7 Å². The number of nitrogens with zero attached hydrogens (tertiary/aromatic N) is 2. The van der Waals surface area contributed by atoms with Gasteiger partial charge in [-0.15, -0.1) is 0 Å². The first-order valence-corrected chi connectivity index (χ1v) is 12.3. The summed E-state index contributed by atoms with van der Waals surface area (Å²) in [5.74, 6) is -2.09. The molecule has 3 aromatic rings. The zero-order chi connectivity index (χ0) is 22.8. The third-order valence-corrected chi connectivity index (χ3v) is 7.51. The average Bonchev–Trinajstić information content (AvgIpc) is 2.98. The van der Waals surface area contributed by atoms with Crippen molar-refractivity contribution >= 4 is 54.9 Å². The number of thiazole rings is 1. The molecule has 164 valence electrons. The zero-order valence-electron chi connectivity index (χ0n) is 17.2. The van der Waals surface area contributed by atoms with Crippen molar-refractivity contribution in [3.8, 4) is 0 Å². The highest BCUT2D eigenvalue weighted by molar-refractivity contribution is 7.92. The van der Waals surface area contributed by atoms with Gasteiger partial charge in [0.1, 0.15) is 12.3 Å². The van der Waals surface area contributed by atoms with Crippen molar-refractivity contribution in [2.75, 3.05) is 12.4 Å². The molecule has 1 heterocycles. The van der Waals surface area contributed by atoms with Crippen LogP contribution in [0.5, 0.6) is 0 Å². The molecule has 0 N–H and O–H groups in total. The lowest BCUT2D eigenvalue weighted by Gasteiger charge is -2.06. The maximum absolute atomic E-state index is 12.6. The summed E-state index contributed by atoms with van der Waals surface area (Å²) in [4.78, 5) is 28.9. The Balaban J connectivity index is 2.02. The predicted molar refractivity (Wildman–Crippen MR) is 120 cm³/mol. The Hall–Kier alpha value is -2.49. The van der Waals surface area contributed by atoms with Crippen molar-refractivity contribution in [3.05, 3.63) is 57.3 Å². The Morgan fingerprint density at radius 1 is 1.13 bits per heavy atom. The Morgan fingerprint density at radius 3 is 2.42 bits per heavy atom. The van der Waals surface area contributed by atoms with Gasteiger partial charge in [-0.3, -0.25) is 9.59 Å². The molecule has 0 atom stereocenters. The SMILES string of the molecule is CCOC(=O)Cn1c(=NC(=O)CS(=O)(=O)c2ccc(Cl)cc2)sc2cc(C)c(C)cc21. The van der Waals surface area contributed by atoms with Crippen LogP contribution in [0, 0.1) is 13.8 Å². The quantitative estimate of drug-likeness (QED) is 0.504. The molecule has 0 saturated carbocycles. The molecule has 0 aliphatic heterocycles. The first kappa shape index (κ1) is 23.2. The fourth-order valence-electron chi connectivity index (χ4n) is 2.92. The number of aromatic nitrogens is 1. The Kier molecular flexibility index (Phi) is 6.98. The molecule has 0 unspecified atom stereocenters. The summed E-state index contributed by atoms with van der Waals surface area (Å²) in [6.45, 7) is 5.71. The van der Waals surface area contributed by atoms with Gasteiger partial charge in [0.25, 0.3) is 5.91 Å². The largest absolute Gasteiger partial charge is 0.465 e. The van der Waals surface area contributed by atoms with Gasteiger partial charge >= 0.3 is 5.97 Å². The van der Waals surface area contributed by atoms with Crippen LogP contribution in [0.1, 0.15) is 18.1 Å². The first-order valence-electron chi connectivity index (χ1n) is 9.43. The number of sulfone groups is 1. The minimum atomic E-state index is -3.88. The summed E-state index contributed by atoms with van der Waals surface area (Å²) in [7, 11) is -3.88. The molecular formula is C21H21ClN2O5S2. The summed E-state index contributed by atoms with van der Waals surface area (Å²) in [6.07, 6.45) is 0. The Morgan fingerprint density at radius 2 is 1.77 bits per heavy atom. The average molecular weight is 481 g/mol. The minimum Gasteiger partial charge on any atom is -0.465 e. The van der Waals surface area contributed by atoms with Crippen LogP contribution in [-0.4, -0.2) is 37.2 Å². The summed E-state index contributed by atoms with van der Waals surface area (Å²) in [6, 6.07) is 9.44. The number of esters is 1. The van der Waals surface area contributed by atoms with Gasteiger partial charge in [-0.2, -0.15) is 4.99 Å². The van der Waals surface area contributed by atoms with Crippen LogP contribution < -0.4 is 4.80 Å². The molecule has 0 radical (unpaired) electrons. The van der Waals surface area contributed by atoms with Gasteiger partial charge < -0.3 is 9.30 Å². The van der Waals surface area contributed by atoms with E-state index < -0.39 is 27.5 Å². The molecule has 1 aromatic heterocycles. The van der Waals surface area contributed by atoms with Crippen molar-refractivity contribution in [1.82, 2.24) is 4.57 Å². The Bertz CT molecular complexity index is 1320. The van der Waals surface area contributed by atoms with E-state index >= 15 is 0 Å². The summed E-state index contributed by atoms with van der Waals surface area (Å²) in [5.41, 5.74) is 2.81. The van der Waals surface area contributed by atoms with Gasteiger partial charge in [0.15, 0.2) is 14.6 Å². The lowest BCUT2D eigenvalue weighted by molar-refractivity contribution is -0.143. The standard InChI is InChI=1S/C21H21ClN2O5S2/c1-4-29-20(26)11-24-17-9-13(2)14(3)10-18(17)30-21(24)23-19(25)12-31(27,28)16-7-5-15(22)6-8-16/h5-10H,4,11-12H2,1-3H3. The van der Waals surface area contributed by atoms with Crippen LogP contribution >= 0.6 is 22.9 Å². The molecule has 3 rings (SSSR count). The molecule has 0 saturated heterocycles. The van der Waals surface area contributed by atoms with E-state index in [1.807, 2.05) is 26.0 Å². The van der Waals surface area contributed by atoms with E-state index in [1.54, 1.807) is 11.5 Å². The van der Waals surface area contributed by atoms with E-state index in [-0.39, 0.29) is 22.8 Å². The number of amides is 1. The number of benzene rings is 2. The van der Waals surface area contributed by atoms with Crippen LogP contribution in [0.25, 0.3) is 10.2 Å². The molecule has 2 aromatic carbocycles. The normalized spacial score (nSPS) is 12.3. The lowest BCUT2D eigenvalue weighted by Crippen LogP contribution is -2.24. The minimum absolute atomic E-state index is 0.0116. The predicted octanol–water partition coefficient (Wildman–Crippen LogP) is 3.44. The number of hydrogen-bond acceptors (Lipinski definition) is 6. The smallest absolute Gasteiger partial charge is 0.326 e. The van der Waals surface area contributed by atoms with Crippen LogP contribution in [-0.2, 0) is 30.7 Å². The van der Waals surface area contributed by atoms with Crippen molar-refractivity contribution in [2.45, 2.75) is 32.2 Å². The van der Waals surface area contributed by atoms with Gasteiger partial charge in [-0.05, 0) is 68.3 Å². The first-order chi connectivity index (χ1) is 14.6. The van der Waals surface area contributed by atoms with E-state index in [0.29, 0.717) is 5.02 Å². The van der Waals surface area contributed by atoms with E-state index in [4.69, 9.17) is 16.3 Å². The third kappa shape index (κ3) is 5.41. The number of carbonyl (C=O) groups is 2. The second-order valence-electron chi connectivity index (χ2n) is 6.90. The highest BCUT2D eigenvalue weighted by Gasteiger charge is 2.20. The van der Waals surface area contributed by atoms with Crippen molar-refractivity contribution in [3.63, 3.8) is 0 Å². The number of fused-ring (bicyclic) bond motifs is 1. The molecule has 0 aliphatic rings. The van der Waals surface area contributed by atoms with E-state index in [1.165, 1.54) is 35.6 Å². The molecule has 0 spiro atoms. The maximum atomic E-state index is 12.6. The molecule has 0 aliphatic carbocycles. The second-order valence-corrected chi connectivity index (χ2v) is 10.3. The van der Waals surface area contributed by atoms with Crippen molar-refractivity contribution < 1.29 is 22.7 Å². The molecule has 1 amide bonds. The van der Waals surface area contributed by atoms with Gasteiger partial charge in [0.2, 0.25) is 0 Å². The number of hydrogen-bond donors (Lipinski definition) is 0. The van der Waals surface area contributed by atoms with Crippen LogP contribution in [0.4, 0.5) is 0 Å². The fourth-order valence-corrected chi connectivity index (χ4v) is 5.28. The summed E-state index contributed by atoms with van der Waals surface area (Å²) < 4.78 is 32.6. The van der Waals surface area contributed by atoms with Crippen LogP contribution in [0.3, 0.4) is 0 Å². The number of carbonyl (C=O) groups excluding carboxylic acids is 2. The molecule has 10 heteroatoms. The molecular weight excluding hydrogens is 460 g/mol. The summed E-state index contributed by atoms with van der Waals surface area (Å²) >= 11 is 7.01. The van der Waals surface area contributed by atoms with E-state index in [0.717, 1.165) is 21.3 Å². The number of ether oxygens (including phenoxy) is 1. The maximum Gasteiger partial charge on any atom is 0.326 e. The highest BCUT2D eigenvalue weighted by atomic mass is 35.5. The van der Waals surface area contributed by atoms with Gasteiger partial charge in [-0.1, -0.05) is 22.9 Å². The van der Waals surface area contributed by atoms with Crippen molar-refractivity contribution in [1.29, 1.82) is 0 Å². The zero-order valence-corrected chi connectivity index (χ0v) is 19.6. The summed E-state index contributed by atoms with van der Waals surface area (Å²) in [5, 5.41) is 0.394. The van der Waals surface area contributed by atoms with Gasteiger partial charge in [0, 0.05) is 5.02 Å². The Labute approximate surface area is 188 Å². The van der Waals surface area contributed by atoms with Crippen LogP contribution in [0.2, 0.25) is 5.02 Å². The van der Waals surface area contributed by atoms with Gasteiger partial charge in [-0.25, -0.2) is 8.42 Å². The molecule has 0 bridgehead atoms. The number of rotatable bonds is 6. The molecule has 0 fully saturated rings. The fraction of sp³-hybridized carbons (Fsp3) is 0.286. The topological polar surface area (TPSA) is 94.8 Å². The monoisotopic (exact) mass is 480 g/mol. The molecule has 7 nitrogen and oxygen atoms in total. The second kappa shape index (κ2) is 9.33. The van der Waals surface area contributed by atoms with E-state index in [2.05, 4.69) is 4.99 Å². The third-order valence-electron chi connectivity index (χ3n) is 4.60. The molecule has 31 heavy (non-hydrogen) atoms. The number of aryl methyl sites for hydroxylation is 2. The van der Waals surface area contributed by atoms with E-state index in [9.17, 15) is 18.0 Å². The van der Waals surface area contributed by atoms with Crippen LogP contribution in [0.15, 0.2) is 46.3 Å².